The number of imidazole rings is 1. The van der Waals surface area contributed by atoms with E-state index in [0.717, 1.165) is 16.6 Å². The lowest BCUT2D eigenvalue weighted by molar-refractivity contribution is -0.326. The minimum Gasteiger partial charge on any atom is -0.250 e. The fourth-order valence-corrected chi connectivity index (χ4v) is 2.07. The summed E-state index contributed by atoms with van der Waals surface area (Å²) in [5.41, 5.74) is 3.55. The second-order valence-corrected chi connectivity index (χ2v) is 4.44. The first kappa shape index (κ1) is 11.5. The number of carbonyl (C=O) groups is 1. The van der Waals surface area contributed by atoms with E-state index in [9.17, 15) is 4.79 Å². The predicted octanol–water partition coefficient (Wildman–Crippen LogP) is 2.54. The van der Waals surface area contributed by atoms with Gasteiger partial charge in [0.05, 0.1) is 5.56 Å². The third kappa shape index (κ3) is 2.20. The largest absolute Gasteiger partial charge is 0.361 e. The Balaban J connectivity index is 1.89. The first-order valence-electron chi connectivity index (χ1n) is 6.11. The number of H-pyrrole nitrogens is 2. The van der Waals surface area contributed by atoms with Crippen LogP contribution < -0.4 is 10.3 Å². The number of para-hydroxylation sites is 2. The molecular weight excluding hydrogens is 238 g/mol. The minimum atomic E-state index is -0.124. The zero-order valence-corrected chi connectivity index (χ0v) is 10.5. The Morgan fingerprint density at radius 2 is 1.84 bits per heavy atom. The van der Waals surface area contributed by atoms with E-state index in [4.69, 9.17) is 0 Å². The molecule has 3 aromatic rings. The van der Waals surface area contributed by atoms with Gasteiger partial charge in [-0.05, 0) is 30.7 Å². The van der Waals surface area contributed by atoms with Crippen molar-refractivity contribution in [2.75, 3.05) is 5.32 Å². The third-order valence-electron chi connectivity index (χ3n) is 3.07. The summed E-state index contributed by atoms with van der Waals surface area (Å²) < 4.78 is 0. The maximum Gasteiger partial charge on any atom is 0.361 e. The van der Waals surface area contributed by atoms with Crippen molar-refractivity contribution in [3.63, 3.8) is 0 Å². The average molecular weight is 252 g/mol. The molecule has 0 saturated carbocycles. The highest BCUT2D eigenvalue weighted by Gasteiger charge is 2.15. The van der Waals surface area contributed by atoms with Gasteiger partial charge in [0.1, 0.15) is 11.0 Å². The molecule has 94 valence electrons. The van der Waals surface area contributed by atoms with E-state index >= 15 is 0 Å². The standard InChI is InChI=1S/C15H13N3O/c1-10-6-2-3-7-11(10)14(19)18-15-16-12-8-4-5-9-13(12)17-15/h2-9H,1H3,(H2,16,17,18,19)/p+1. The highest BCUT2D eigenvalue weighted by molar-refractivity contribution is 6.04. The molecule has 0 atom stereocenters. The molecule has 2 aromatic carbocycles. The van der Waals surface area contributed by atoms with Crippen LogP contribution in [0.4, 0.5) is 5.95 Å². The Hall–Kier alpha value is -2.62. The number of fused-ring (bicyclic) bond motifs is 1. The van der Waals surface area contributed by atoms with Gasteiger partial charge in [-0.25, -0.2) is 15.3 Å². The summed E-state index contributed by atoms with van der Waals surface area (Å²) >= 11 is 0. The van der Waals surface area contributed by atoms with Crippen LogP contribution in [0, 0.1) is 6.92 Å². The zero-order chi connectivity index (χ0) is 13.2. The van der Waals surface area contributed by atoms with Crippen molar-refractivity contribution in [3.05, 3.63) is 59.7 Å². The zero-order valence-electron chi connectivity index (χ0n) is 10.5. The van der Waals surface area contributed by atoms with Crippen LogP contribution in [0.15, 0.2) is 48.5 Å². The smallest absolute Gasteiger partial charge is 0.250 e. The van der Waals surface area contributed by atoms with Gasteiger partial charge in [-0.15, -0.1) is 0 Å². The number of benzene rings is 2. The molecule has 0 unspecified atom stereocenters. The van der Waals surface area contributed by atoms with Gasteiger partial charge in [0.2, 0.25) is 0 Å². The first-order chi connectivity index (χ1) is 9.24. The number of amides is 1. The van der Waals surface area contributed by atoms with Gasteiger partial charge in [0, 0.05) is 0 Å². The van der Waals surface area contributed by atoms with Crippen molar-refractivity contribution >= 4 is 22.9 Å². The van der Waals surface area contributed by atoms with E-state index in [1.165, 1.54) is 0 Å². The Morgan fingerprint density at radius 3 is 2.63 bits per heavy atom. The summed E-state index contributed by atoms with van der Waals surface area (Å²) in [4.78, 5) is 18.4. The molecule has 0 fully saturated rings. The molecule has 0 radical (unpaired) electrons. The van der Waals surface area contributed by atoms with Crippen molar-refractivity contribution < 1.29 is 9.78 Å². The number of carbonyl (C=O) groups excluding carboxylic acids is 1. The van der Waals surface area contributed by atoms with Crippen molar-refractivity contribution in [2.45, 2.75) is 6.92 Å². The van der Waals surface area contributed by atoms with E-state index < -0.39 is 0 Å². The summed E-state index contributed by atoms with van der Waals surface area (Å²) in [6.45, 7) is 1.92. The van der Waals surface area contributed by atoms with Gasteiger partial charge in [-0.2, -0.15) is 0 Å². The molecule has 0 spiro atoms. The minimum absolute atomic E-state index is 0.124. The predicted molar refractivity (Wildman–Crippen MR) is 74.0 cm³/mol. The topological polar surface area (TPSA) is 59.0 Å². The lowest BCUT2D eigenvalue weighted by atomic mass is 10.1. The van der Waals surface area contributed by atoms with E-state index in [1.54, 1.807) is 0 Å². The quantitative estimate of drug-likeness (QED) is 0.723. The summed E-state index contributed by atoms with van der Waals surface area (Å²) in [6, 6.07) is 15.3. The molecule has 1 aromatic heterocycles. The molecule has 1 amide bonds. The molecule has 19 heavy (non-hydrogen) atoms. The second-order valence-electron chi connectivity index (χ2n) is 4.44. The van der Waals surface area contributed by atoms with Gasteiger partial charge in [0.15, 0.2) is 0 Å². The van der Waals surface area contributed by atoms with Crippen LogP contribution in [-0.2, 0) is 0 Å². The Kier molecular flexibility index (Phi) is 2.76. The van der Waals surface area contributed by atoms with Crippen molar-refractivity contribution in [2.24, 2.45) is 0 Å². The van der Waals surface area contributed by atoms with E-state index in [1.807, 2.05) is 55.5 Å². The molecule has 0 saturated heterocycles. The number of rotatable bonds is 2. The fourth-order valence-electron chi connectivity index (χ4n) is 2.07. The van der Waals surface area contributed by atoms with Crippen LogP contribution in [0.25, 0.3) is 11.0 Å². The van der Waals surface area contributed by atoms with Crippen LogP contribution >= 0.6 is 0 Å². The summed E-state index contributed by atoms with van der Waals surface area (Å²) in [7, 11) is 0. The van der Waals surface area contributed by atoms with Crippen LogP contribution in [-0.4, -0.2) is 10.9 Å². The highest BCUT2D eigenvalue weighted by atomic mass is 16.1. The summed E-state index contributed by atoms with van der Waals surface area (Å²) in [5, 5.41) is 2.84. The average Bonchev–Trinajstić information content (AvgIpc) is 2.81. The maximum absolute atomic E-state index is 12.2. The van der Waals surface area contributed by atoms with Gasteiger partial charge in [-0.1, -0.05) is 30.3 Å². The number of aromatic amines is 2. The fraction of sp³-hybridized carbons (Fsp3) is 0.0667. The van der Waals surface area contributed by atoms with Crippen molar-refractivity contribution in [3.8, 4) is 0 Å². The Labute approximate surface area is 110 Å². The van der Waals surface area contributed by atoms with Gasteiger partial charge >= 0.3 is 11.9 Å². The number of aryl methyl sites for hydroxylation is 1. The van der Waals surface area contributed by atoms with Crippen LogP contribution in [0.5, 0.6) is 0 Å². The lowest BCUT2D eigenvalue weighted by Crippen LogP contribution is -2.19. The lowest BCUT2D eigenvalue weighted by Gasteiger charge is -2.00. The summed E-state index contributed by atoms with van der Waals surface area (Å²) in [6.07, 6.45) is 0. The molecule has 3 N–H and O–H groups in total. The maximum atomic E-state index is 12.2. The van der Waals surface area contributed by atoms with Crippen molar-refractivity contribution in [1.82, 2.24) is 4.98 Å². The van der Waals surface area contributed by atoms with Crippen LogP contribution in [0.2, 0.25) is 0 Å². The molecule has 4 heteroatoms. The normalized spacial score (nSPS) is 10.6. The first-order valence-corrected chi connectivity index (χ1v) is 6.11. The van der Waals surface area contributed by atoms with E-state index in [-0.39, 0.29) is 5.91 Å². The van der Waals surface area contributed by atoms with E-state index in [0.29, 0.717) is 11.5 Å². The van der Waals surface area contributed by atoms with Crippen LogP contribution in [0.1, 0.15) is 15.9 Å². The second kappa shape index (κ2) is 4.57. The number of nitrogens with one attached hydrogen (secondary N) is 3. The van der Waals surface area contributed by atoms with Crippen LogP contribution in [0.3, 0.4) is 0 Å². The molecular formula is C15H14N3O+. The highest BCUT2D eigenvalue weighted by Crippen LogP contribution is 2.11. The molecule has 3 rings (SSSR count). The molecule has 4 nitrogen and oxygen atoms in total. The molecule has 1 heterocycles. The SMILES string of the molecule is Cc1ccccc1C(=O)Nc1[nH]c2ccccc2[nH+]1. The molecule has 0 aliphatic rings. The van der Waals surface area contributed by atoms with Crippen molar-refractivity contribution in [1.29, 1.82) is 0 Å². The van der Waals surface area contributed by atoms with Gasteiger partial charge < -0.3 is 0 Å². The van der Waals surface area contributed by atoms with Gasteiger partial charge in [0.25, 0.3) is 0 Å². The molecule has 0 bridgehead atoms. The monoisotopic (exact) mass is 252 g/mol. The number of anilines is 1. The number of hydrogen-bond donors (Lipinski definition) is 2. The molecule has 0 aliphatic heterocycles. The Morgan fingerprint density at radius 1 is 1.11 bits per heavy atom. The van der Waals surface area contributed by atoms with E-state index in [2.05, 4.69) is 15.3 Å². The molecule has 0 aliphatic carbocycles. The Bertz CT molecular complexity index is 713. The summed E-state index contributed by atoms with van der Waals surface area (Å²) in [5.74, 6) is 0.468. The van der Waals surface area contributed by atoms with Gasteiger partial charge in [-0.3, -0.25) is 4.79 Å². The number of aromatic nitrogens is 2. The third-order valence-corrected chi connectivity index (χ3v) is 3.07. The number of hydrogen-bond acceptors (Lipinski definition) is 1.